The molecule has 0 spiro atoms. The van der Waals surface area contributed by atoms with Gasteiger partial charge in [0.15, 0.2) is 0 Å². The fourth-order valence-electron chi connectivity index (χ4n) is 3.02. The fraction of sp³-hybridized carbons (Fsp3) is 0.412. The van der Waals surface area contributed by atoms with Crippen molar-refractivity contribution >= 4 is 11.6 Å². The zero-order chi connectivity index (χ0) is 15.4. The molecule has 1 aromatic carbocycles. The van der Waals surface area contributed by atoms with Crippen molar-refractivity contribution in [2.24, 2.45) is 5.92 Å². The maximum Gasteiger partial charge on any atom is 0.224 e. The van der Waals surface area contributed by atoms with Crippen LogP contribution in [0.1, 0.15) is 32.1 Å². The van der Waals surface area contributed by atoms with Crippen LogP contribution in [0.4, 0.5) is 5.69 Å². The van der Waals surface area contributed by atoms with Gasteiger partial charge in [-0.2, -0.15) is 5.10 Å². The van der Waals surface area contributed by atoms with Crippen LogP contribution in [0.15, 0.2) is 36.7 Å². The Bertz CT molecular complexity index is 631. The van der Waals surface area contributed by atoms with Gasteiger partial charge < -0.3 is 10.1 Å². The molecule has 1 N–H and O–H groups in total. The molecule has 22 heavy (non-hydrogen) atoms. The van der Waals surface area contributed by atoms with Crippen LogP contribution in [-0.4, -0.2) is 22.8 Å². The predicted molar refractivity (Wildman–Crippen MR) is 85.3 cm³/mol. The first-order valence-electron chi connectivity index (χ1n) is 7.73. The molecule has 5 heteroatoms. The lowest BCUT2D eigenvalue weighted by atomic mass is 10.0. The molecule has 0 aliphatic heterocycles. The summed E-state index contributed by atoms with van der Waals surface area (Å²) in [5.41, 5.74) is 1.60. The van der Waals surface area contributed by atoms with Crippen molar-refractivity contribution in [3.63, 3.8) is 0 Å². The van der Waals surface area contributed by atoms with E-state index in [-0.39, 0.29) is 5.91 Å². The summed E-state index contributed by atoms with van der Waals surface area (Å²) in [4.78, 5) is 12.2. The molecular weight excluding hydrogens is 278 g/mol. The molecule has 1 aliphatic rings. The number of anilines is 1. The molecule has 1 fully saturated rings. The quantitative estimate of drug-likeness (QED) is 0.920. The van der Waals surface area contributed by atoms with Crippen LogP contribution in [-0.2, 0) is 4.79 Å². The largest absolute Gasteiger partial charge is 0.497 e. The minimum Gasteiger partial charge on any atom is -0.497 e. The minimum absolute atomic E-state index is 0.0755. The number of ether oxygens (including phenoxy) is 1. The van der Waals surface area contributed by atoms with Gasteiger partial charge in [0.25, 0.3) is 0 Å². The average molecular weight is 299 g/mol. The summed E-state index contributed by atoms with van der Waals surface area (Å²) in [7, 11) is 1.62. The molecule has 1 heterocycles. The van der Waals surface area contributed by atoms with E-state index in [4.69, 9.17) is 4.74 Å². The van der Waals surface area contributed by atoms with E-state index in [1.54, 1.807) is 18.0 Å². The second-order valence-electron chi connectivity index (χ2n) is 5.77. The highest BCUT2D eigenvalue weighted by Gasteiger charge is 2.18. The summed E-state index contributed by atoms with van der Waals surface area (Å²) in [6.45, 7) is 0. The Morgan fingerprint density at radius 3 is 2.86 bits per heavy atom. The van der Waals surface area contributed by atoms with Crippen LogP contribution in [0.3, 0.4) is 0 Å². The van der Waals surface area contributed by atoms with E-state index in [0.717, 1.165) is 11.4 Å². The van der Waals surface area contributed by atoms with Gasteiger partial charge in [0, 0.05) is 36.6 Å². The number of nitrogens with one attached hydrogen (secondary N) is 1. The molecule has 0 radical (unpaired) electrons. The first kappa shape index (κ1) is 14.6. The third-order valence-corrected chi connectivity index (χ3v) is 4.13. The van der Waals surface area contributed by atoms with E-state index < -0.39 is 0 Å². The molecule has 3 rings (SSSR count). The van der Waals surface area contributed by atoms with Crippen molar-refractivity contribution in [2.45, 2.75) is 32.1 Å². The molecule has 116 valence electrons. The first-order chi connectivity index (χ1) is 10.7. The molecule has 0 atom stereocenters. The summed E-state index contributed by atoms with van der Waals surface area (Å²) in [5.74, 6) is 1.31. The second kappa shape index (κ2) is 6.64. The summed E-state index contributed by atoms with van der Waals surface area (Å²) in [6.07, 6.45) is 9.03. The number of aromatic nitrogens is 2. The lowest BCUT2D eigenvalue weighted by Gasteiger charge is -2.12. The summed E-state index contributed by atoms with van der Waals surface area (Å²) in [5, 5.41) is 7.20. The van der Waals surface area contributed by atoms with E-state index in [9.17, 15) is 4.79 Å². The van der Waals surface area contributed by atoms with E-state index in [2.05, 4.69) is 10.4 Å². The minimum atomic E-state index is 0.0755. The van der Waals surface area contributed by atoms with Crippen molar-refractivity contribution in [3.8, 4) is 11.4 Å². The molecule has 5 nitrogen and oxygen atoms in total. The molecule has 1 aliphatic carbocycles. The summed E-state index contributed by atoms with van der Waals surface area (Å²) in [6, 6.07) is 7.49. The number of amides is 1. The molecule has 0 saturated heterocycles. The monoisotopic (exact) mass is 299 g/mol. The van der Waals surface area contributed by atoms with Crippen LogP contribution < -0.4 is 10.1 Å². The second-order valence-corrected chi connectivity index (χ2v) is 5.77. The average Bonchev–Trinajstić information content (AvgIpc) is 3.19. The summed E-state index contributed by atoms with van der Waals surface area (Å²) < 4.78 is 7.06. The van der Waals surface area contributed by atoms with Gasteiger partial charge in [-0.25, -0.2) is 4.68 Å². The Labute approximate surface area is 130 Å². The SMILES string of the molecule is COc1cc(NC(=O)CC2CCCC2)cc(-n2cccn2)c1. The Morgan fingerprint density at radius 2 is 2.18 bits per heavy atom. The highest BCUT2D eigenvalue weighted by molar-refractivity contribution is 5.91. The van der Waals surface area contributed by atoms with Gasteiger partial charge in [-0.05, 0) is 30.9 Å². The van der Waals surface area contributed by atoms with Crippen molar-refractivity contribution in [2.75, 3.05) is 12.4 Å². The van der Waals surface area contributed by atoms with E-state index in [1.165, 1.54) is 25.7 Å². The highest BCUT2D eigenvalue weighted by atomic mass is 16.5. The molecule has 1 saturated carbocycles. The number of methoxy groups -OCH3 is 1. The smallest absolute Gasteiger partial charge is 0.224 e. The predicted octanol–water partition coefficient (Wildman–Crippen LogP) is 3.40. The maximum absolute atomic E-state index is 12.2. The van der Waals surface area contributed by atoms with Gasteiger partial charge in [0.2, 0.25) is 5.91 Å². The fourth-order valence-corrected chi connectivity index (χ4v) is 3.02. The lowest BCUT2D eigenvalue weighted by molar-refractivity contribution is -0.117. The third-order valence-electron chi connectivity index (χ3n) is 4.13. The Hall–Kier alpha value is -2.30. The number of carbonyl (C=O) groups excluding carboxylic acids is 1. The van der Waals surface area contributed by atoms with E-state index >= 15 is 0 Å². The zero-order valence-electron chi connectivity index (χ0n) is 12.8. The first-order valence-corrected chi connectivity index (χ1v) is 7.73. The van der Waals surface area contributed by atoms with Crippen LogP contribution in [0, 0.1) is 5.92 Å². The van der Waals surface area contributed by atoms with Crippen LogP contribution in [0.25, 0.3) is 5.69 Å². The molecule has 1 aromatic heterocycles. The standard InChI is InChI=1S/C17H21N3O2/c1-22-16-11-14(10-15(12-16)20-8-4-7-18-20)19-17(21)9-13-5-2-3-6-13/h4,7-8,10-13H,2-3,5-6,9H2,1H3,(H,19,21). The van der Waals surface area contributed by atoms with E-state index in [0.29, 0.717) is 18.1 Å². The highest BCUT2D eigenvalue weighted by Crippen LogP contribution is 2.28. The number of hydrogen-bond acceptors (Lipinski definition) is 3. The van der Waals surface area contributed by atoms with Gasteiger partial charge in [-0.3, -0.25) is 4.79 Å². The van der Waals surface area contributed by atoms with Gasteiger partial charge in [-0.15, -0.1) is 0 Å². The Kier molecular flexibility index (Phi) is 4.42. The van der Waals surface area contributed by atoms with Crippen LogP contribution in [0.5, 0.6) is 5.75 Å². The topological polar surface area (TPSA) is 56.1 Å². The van der Waals surface area contributed by atoms with Crippen molar-refractivity contribution in [1.82, 2.24) is 9.78 Å². The van der Waals surface area contributed by atoms with Gasteiger partial charge in [0.05, 0.1) is 12.8 Å². The maximum atomic E-state index is 12.2. The molecule has 0 unspecified atom stereocenters. The van der Waals surface area contributed by atoms with Crippen LogP contribution in [0.2, 0.25) is 0 Å². The van der Waals surface area contributed by atoms with Crippen molar-refractivity contribution < 1.29 is 9.53 Å². The van der Waals surface area contributed by atoms with Gasteiger partial charge in [0.1, 0.15) is 5.75 Å². The number of benzene rings is 1. The molecular formula is C17H21N3O2. The van der Waals surface area contributed by atoms with Gasteiger partial charge >= 0.3 is 0 Å². The third kappa shape index (κ3) is 3.47. The molecule has 1 amide bonds. The molecule has 2 aromatic rings. The number of rotatable bonds is 5. The van der Waals surface area contributed by atoms with Crippen molar-refractivity contribution in [1.29, 1.82) is 0 Å². The van der Waals surface area contributed by atoms with E-state index in [1.807, 2.05) is 30.5 Å². The number of nitrogens with zero attached hydrogens (tertiary/aromatic N) is 2. The van der Waals surface area contributed by atoms with Crippen molar-refractivity contribution in [3.05, 3.63) is 36.7 Å². The lowest BCUT2D eigenvalue weighted by Crippen LogP contribution is -2.15. The molecule has 0 bridgehead atoms. The number of carbonyl (C=O) groups is 1. The normalized spacial score (nSPS) is 15.0. The van der Waals surface area contributed by atoms with Gasteiger partial charge in [-0.1, -0.05) is 12.8 Å². The Balaban J connectivity index is 1.74. The Morgan fingerprint density at radius 1 is 1.36 bits per heavy atom. The van der Waals surface area contributed by atoms with Crippen LogP contribution >= 0.6 is 0 Å². The number of hydrogen-bond donors (Lipinski definition) is 1. The summed E-state index contributed by atoms with van der Waals surface area (Å²) >= 11 is 0. The zero-order valence-corrected chi connectivity index (χ0v) is 12.8.